The van der Waals surface area contributed by atoms with Crippen LogP contribution in [0.25, 0.3) is 6.08 Å². The number of aliphatic hydroxyl groups excluding tert-OH is 4. The lowest BCUT2D eigenvalue weighted by Crippen LogP contribution is -2.60. The molecule has 0 saturated carbocycles. The van der Waals surface area contributed by atoms with E-state index in [1.54, 1.807) is 18.2 Å². The summed E-state index contributed by atoms with van der Waals surface area (Å²) in [4.78, 5) is 0. The maximum absolute atomic E-state index is 10.2. The van der Waals surface area contributed by atoms with Crippen LogP contribution in [-0.2, 0) is 4.74 Å². The van der Waals surface area contributed by atoms with E-state index >= 15 is 0 Å². The summed E-state index contributed by atoms with van der Waals surface area (Å²) < 4.78 is 16.9. The monoisotopic (exact) mass is 434 g/mol. The van der Waals surface area contributed by atoms with Crippen molar-refractivity contribution in [2.75, 3.05) is 6.61 Å². The number of hydrogen-bond acceptors (Lipinski definition) is 10. The Bertz CT molecular complexity index is 988. The van der Waals surface area contributed by atoms with Crippen molar-refractivity contribution in [3.63, 3.8) is 0 Å². The summed E-state index contributed by atoms with van der Waals surface area (Å²) in [5.74, 6) is -0.470. The minimum Gasteiger partial charge on any atom is -0.508 e. The Labute approximate surface area is 176 Å². The molecule has 0 aromatic heterocycles. The lowest BCUT2D eigenvalue weighted by Gasteiger charge is -2.39. The summed E-state index contributed by atoms with van der Waals surface area (Å²) in [6, 6.07) is 6.87. The molecule has 1 fully saturated rings. The van der Waals surface area contributed by atoms with Gasteiger partial charge in [-0.05, 0) is 24.3 Å². The molecule has 0 amide bonds. The second-order valence-corrected chi connectivity index (χ2v) is 7.32. The van der Waals surface area contributed by atoms with Gasteiger partial charge in [-0.1, -0.05) is 6.07 Å². The van der Waals surface area contributed by atoms with E-state index in [1.165, 1.54) is 24.3 Å². The smallest absolute Gasteiger partial charge is 0.229 e. The highest BCUT2D eigenvalue weighted by Crippen LogP contribution is 2.42. The number of ether oxygens (including phenoxy) is 3. The van der Waals surface area contributed by atoms with Gasteiger partial charge in [-0.3, -0.25) is 0 Å². The van der Waals surface area contributed by atoms with Gasteiger partial charge >= 0.3 is 0 Å². The lowest BCUT2D eigenvalue weighted by molar-refractivity contribution is -0.277. The fraction of sp³-hybridized carbons (Fsp3) is 0.333. The molecular formula is C21H22O10. The third-order valence-corrected chi connectivity index (χ3v) is 5.20. The Morgan fingerprint density at radius 2 is 1.68 bits per heavy atom. The van der Waals surface area contributed by atoms with Crippen LogP contribution >= 0.6 is 0 Å². The summed E-state index contributed by atoms with van der Waals surface area (Å²) in [5, 5.41) is 68.7. The second-order valence-electron chi connectivity index (χ2n) is 7.32. The molecule has 10 heteroatoms. The Hall–Kier alpha value is -3.02. The molecule has 0 radical (unpaired) electrons. The third kappa shape index (κ3) is 3.99. The molecule has 6 atom stereocenters. The van der Waals surface area contributed by atoms with Crippen molar-refractivity contribution in [2.45, 2.75) is 36.8 Å². The normalized spacial score (nSPS) is 29.8. The largest absolute Gasteiger partial charge is 0.508 e. The fourth-order valence-corrected chi connectivity index (χ4v) is 3.49. The lowest BCUT2D eigenvalue weighted by atomic mass is 9.99. The zero-order chi connectivity index (χ0) is 22.3. The molecule has 0 aliphatic carbocycles. The maximum atomic E-state index is 10.2. The minimum absolute atomic E-state index is 0.0718. The predicted octanol–water partition coefficient (Wildman–Crippen LogP) is 0.129. The van der Waals surface area contributed by atoms with E-state index in [0.717, 1.165) is 0 Å². The Morgan fingerprint density at radius 3 is 2.39 bits per heavy atom. The van der Waals surface area contributed by atoms with Crippen molar-refractivity contribution >= 4 is 6.08 Å². The molecule has 0 spiro atoms. The van der Waals surface area contributed by atoms with Crippen LogP contribution < -0.4 is 9.47 Å². The van der Waals surface area contributed by atoms with Gasteiger partial charge in [0.25, 0.3) is 0 Å². The molecule has 1 unspecified atom stereocenters. The molecule has 2 heterocycles. The molecule has 4 rings (SSSR count). The quantitative estimate of drug-likeness (QED) is 0.328. The van der Waals surface area contributed by atoms with Crippen molar-refractivity contribution < 1.29 is 50.0 Å². The molecule has 10 nitrogen and oxygen atoms in total. The van der Waals surface area contributed by atoms with E-state index in [-0.39, 0.29) is 28.7 Å². The molecule has 2 aromatic carbocycles. The van der Waals surface area contributed by atoms with Crippen molar-refractivity contribution in [2.24, 2.45) is 0 Å². The van der Waals surface area contributed by atoms with Crippen molar-refractivity contribution in [1.82, 2.24) is 0 Å². The van der Waals surface area contributed by atoms with Gasteiger partial charge in [0, 0.05) is 17.7 Å². The zero-order valence-corrected chi connectivity index (χ0v) is 16.1. The standard InChI is InChI=1S/C21H22O10/c22-8-17-18(26)19(27)20(28)21(31-17)30-16-7-10(23)6-15-11(16)2-4-14(29-15)9-1-3-12(24)13(25)5-9/h1-7,14,17-28H,8H2/t14?,17-,18-,19+,20-,21-/m1/s1. The summed E-state index contributed by atoms with van der Waals surface area (Å²) in [7, 11) is 0. The van der Waals surface area contributed by atoms with Crippen LogP contribution in [0.3, 0.4) is 0 Å². The van der Waals surface area contributed by atoms with E-state index in [0.29, 0.717) is 11.1 Å². The summed E-state index contributed by atoms with van der Waals surface area (Å²) in [6.45, 7) is -0.604. The molecule has 31 heavy (non-hydrogen) atoms. The van der Waals surface area contributed by atoms with Gasteiger partial charge in [0.05, 0.1) is 12.2 Å². The number of benzene rings is 2. The Balaban J connectivity index is 1.60. The van der Waals surface area contributed by atoms with Crippen LogP contribution in [0.4, 0.5) is 0 Å². The highest BCUT2D eigenvalue weighted by Gasteiger charge is 2.45. The first-order chi connectivity index (χ1) is 14.8. The zero-order valence-electron chi connectivity index (χ0n) is 16.1. The van der Waals surface area contributed by atoms with E-state index < -0.39 is 43.4 Å². The van der Waals surface area contributed by atoms with Gasteiger partial charge in [0.1, 0.15) is 47.8 Å². The average molecular weight is 434 g/mol. The van der Waals surface area contributed by atoms with Crippen molar-refractivity contribution in [3.05, 3.63) is 47.5 Å². The van der Waals surface area contributed by atoms with Gasteiger partial charge in [-0.2, -0.15) is 0 Å². The Morgan fingerprint density at radius 1 is 0.903 bits per heavy atom. The first-order valence-corrected chi connectivity index (χ1v) is 9.49. The van der Waals surface area contributed by atoms with E-state index in [2.05, 4.69) is 0 Å². The molecule has 2 aliphatic heterocycles. The predicted molar refractivity (Wildman–Crippen MR) is 105 cm³/mol. The van der Waals surface area contributed by atoms with Crippen molar-refractivity contribution in [1.29, 1.82) is 0 Å². The van der Waals surface area contributed by atoms with Crippen LogP contribution in [0.2, 0.25) is 0 Å². The molecule has 0 bridgehead atoms. The van der Waals surface area contributed by atoms with Gasteiger partial charge < -0.3 is 50.0 Å². The minimum atomic E-state index is -1.61. The Kier molecular flexibility index (Phi) is 5.65. The van der Waals surface area contributed by atoms with Crippen LogP contribution in [0.5, 0.6) is 28.7 Å². The van der Waals surface area contributed by atoms with Gasteiger partial charge in [0.2, 0.25) is 6.29 Å². The molecule has 7 N–H and O–H groups in total. The number of hydrogen-bond donors (Lipinski definition) is 7. The average Bonchev–Trinajstić information content (AvgIpc) is 2.75. The molecule has 166 valence electrons. The van der Waals surface area contributed by atoms with Crippen molar-refractivity contribution in [3.8, 4) is 28.7 Å². The molecule has 1 saturated heterocycles. The number of aromatic hydroxyl groups is 3. The summed E-state index contributed by atoms with van der Waals surface area (Å²) in [6.07, 6.45) is -4.64. The number of phenols is 3. The molecule has 2 aliphatic rings. The van der Waals surface area contributed by atoms with Gasteiger partial charge in [-0.15, -0.1) is 0 Å². The van der Waals surface area contributed by atoms with Crippen LogP contribution in [0.1, 0.15) is 17.2 Å². The van der Waals surface area contributed by atoms with Gasteiger partial charge in [0.15, 0.2) is 11.5 Å². The highest BCUT2D eigenvalue weighted by atomic mass is 16.7. The fourth-order valence-electron chi connectivity index (χ4n) is 3.49. The SMILES string of the molecule is OC[C@H]1O[C@@H](Oc2cc(O)cc3c2C=CC(c2ccc(O)c(O)c2)O3)[C@H](O)[C@@H](O)[C@@H]1O. The number of rotatable bonds is 4. The van der Waals surface area contributed by atoms with E-state index in [9.17, 15) is 35.7 Å². The van der Waals surface area contributed by atoms with Crippen LogP contribution in [-0.4, -0.2) is 73.1 Å². The number of fused-ring (bicyclic) bond motifs is 1. The van der Waals surface area contributed by atoms with Gasteiger partial charge in [-0.25, -0.2) is 0 Å². The third-order valence-electron chi connectivity index (χ3n) is 5.20. The van der Waals surface area contributed by atoms with E-state index in [4.69, 9.17) is 14.2 Å². The van der Waals surface area contributed by atoms with Crippen LogP contribution in [0.15, 0.2) is 36.4 Å². The molecule has 2 aromatic rings. The summed E-state index contributed by atoms with van der Waals surface area (Å²) in [5.41, 5.74) is 0.964. The summed E-state index contributed by atoms with van der Waals surface area (Å²) >= 11 is 0. The first kappa shape index (κ1) is 21.2. The van der Waals surface area contributed by atoms with E-state index in [1.807, 2.05) is 0 Å². The highest BCUT2D eigenvalue weighted by molar-refractivity contribution is 5.69. The topological polar surface area (TPSA) is 169 Å². The second kappa shape index (κ2) is 8.25. The first-order valence-electron chi connectivity index (χ1n) is 9.49. The number of aliphatic hydroxyl groups is 4. The van der Waals surface area contributed by atoms with Crippen LogP contribution in [0, 0.1) is 0 Å². The number of phenolic OH excluding ortho intramolecular Hbond substituents is 3. The maximum Gasteiger partial charge on any atom is 0.229 e. The molecular weight excluding hydrogens is 412 g/mol.